The van der Waals surface area contributed by atoms with Gasteiger partial charge in [0.05, 0.1) is 18.6 Å². The van der Waals surface area contributed by atoms with E-state index in [9.17, 15) is 4.79 Å². The van der Waals surface area contributed by atoms with Gasteiger partial charge in [0, 0.05) is 12.6 Å². The quantitative estimate of drug-likeness (QED) is 0.871. The maximum Gasteiger partial charge on any atom is 0.412 e. The van der Waals surface area contributed by atoms with Crippen LogP contribution in [0.4, 0.5) is 9.80 Å². The number of carbonyl (C=O) groups is 1. The molecule has 1 amide bonds. The Morgan fingerprint density at radius 2 is 1.95 bits per heavy atom. The first-order valence-corrected chi connectivity index (χ1v) is 7.44. The topological polar surface area (TPSA) is 82.8 Å². The Balaban J connectivity index is 1.95. The second-order valence-electron chi connectivity index (χ2n) is 4.21. The number of anilines is 1. The fraction of sp³-hybridized carbons (Fsp3) is 0.214. The zero-order chi connectivity index (χ0) is 16.1. The lowest BCUT2D eigenvalue weighted by Gasteiger charge is -2.10. The zero-order valence-electron chi connectivity index (χ0n) is 12.0. The minimum Gasteiger partial charge on any atom is -0.493 e. The third kappa shape index (κ3) is 3.96. The Labute approximate surface area is 136 Å². The van der Waals surface area contributed by atoms with Gasteiger partial charge in [-0.1, -0.05) is 17.7 Å². The number of hydrogen-bond donors (Lipinski definition) is 2. The molecule has 0 atom stereocenters. The molecular weight excluding hydrogens is 328 g/mol. The van der Waals surface area contributed by atoms with Crippen LogP contribution in [-0.4, -0.2) is 20.3 Å². The average Bonchev–Trinajstić information content (AvgIpc) is 2.82. The van der Waals surface area contributed by atoms with E-state index in [1.54, 1.807) is 26.4 Å². The molecule has 118 valence electrons. The molecule has 3 N–H and O–H groups in total. The second kappa shape index (κ2) is 7.24. The summed E-state index contributed by atoms with van der Waals surface area (Å²) in [5, 5.41) is 2.97. The molecule has 6 nitrogen and oxygen atoms in total. The van der Waals surface area contributed by atoms with E-state index in [1.807, 2.05) is 6.07 Å². The van der Waals surface area contributed by atoms with Crippen LogP contribution < -0.4 is 25.3 Å². The summed E-state index contributed by atoms with van der Waals surface area (Å²) in [6.07, 6.45) is -0.615. The van der Waals surface area contributed by atoms with Crippen molar-refractivity contribution >= 4 is 34.0 Å². The van der Waals surface area contributed by atoms with Crippen molar-refractivity contribution < 1.29 is 19.0 Å². The second-order valence-corrected chi connectivity index (χ2v) is 5.93. The van der Waals surface area contributed by atoms with Crippen molar-refractivity contribution in [3.8, 4) is 17.2 Å². The summed E-state index contributed by atoms with van der Waals surface area (Å²) in [6.45, 7) is 0.275. The van der Waals surface area contributed by atoms with E-state index in [4.69, 9.17) is 31.5 Å². The number of thiophene rings is 1. The van der Waals surface area contributed by atoms with E-state index in [0.29, 0.717) is 20.8 Å². The molecule has 1 aromatic heterocycles. The summed E-state index contributed by atoms with van der Waals surface area (Å²) in [5.41, 5.74) is 6.50. The number of halogens is 1. The van der Waals surface area contributed by atoms with Crippen molar-refractivity contribution in [1.82, 2.24) is 5.32 Å². The first-order chi connectivity index (χ1) is 10.5. The lowest BCUT2D eigenvalue weighted by Crippen LogP contribution is -2.26. The Morgan fingerprint density at radius 3 is 2.55 bits per heavy atom. The number of rotatable bonds is 5. The summed E-state index contributed by atoms with van der Waals surface area (Å²) in [6, 6.07) is 6.85. The average molecular weight is 343 g/mol. The van der Waals surface area contributed by atoms with Crippen molar-refractivity contribution in [2.24, 2.45) is 0 Å². The monoisotopic (exact) mass is 342 g/mol. The highest BCUT2D eigenvalue weighted by Gasteiger charge is 2.11. The molecule has 8 heteroatoms. The predicted octanol–water partition coefficient (Wildman–Crippen LogP) is 3.29. The number of hydrogen-bond acceptors (Lipinski definition) is 6. The summed E-state index contributed by atoms with van der Waals surface area (Å²) in [5.74, 6) is 1.46. The zero-order valence-corrected chi connectivity index (χ0v) is 13.6. The van der Waals surface area contributed by atoms with E-state index in [1.165, 1.54) is 6.07 Å². The number of ether oxygens (including phenoxy) is 3. The standard InChI is InChI=1S/C14H15ClN2O4S/c1-19-9-4-3-8(5-10(9)20-2)7-17-14(18)21-11-6-12(15)22-13(11)16/h3-6H,7,16H2,1-2H3,(H,17,18). The van der Waals surface area contributed by atoms with Crippen LogP contribution in [0.3, 0.4) is 0 Å². The van der Waals surface area contributed by atoms with Crippen LogP contribution in [0.5, 0.6) is 17.2 Å². The van der Waals surface area contributed by atoms with Crippen LogP contribution in [0.2, 0.25) is 4.34 Å². The third-order valence-corrected chi connectivity index (χ3v) is 3.86. The van der Waals surface area contributed by atoms with Gasteiger partial charge in [-0.05, 0) is 17.7 Å². The number of amides is 1. The van der Waals surface area contributed by atoms with Crippen LogP contribution in [0.1, 0.15) is 5.56 Å². The molecule has 0 aliphatic carbocycles. The largest absolute Gasteiger partial charge is 0.493 e. The summed E-state index contributed by atoms with van der Waals surface area (Å²) >= 11 is 6.93. The number of benzene rings is 1. The van der Waals surface area contributed by atoms with Crippen LogP contribution >= 0.6 is 22.9 Å². The number of methoxy groups -OCH3 is 2. The van der Waals surface area contributed by atoms with E-state index in [-0.39, 0.29) is 12.3 Å². The summed E-state index contributed by atoms with van der Waals surface area (Å²) in [4.78, 5) is 11.7. The number of nitrogen functional groups attached to an aromatic ring is 1. The molecule has 2 aromatic rings. The van der Waals surface area contributed by atoms with E-state index < -0.39 is 6.09 Å². The molecule has 0 radical (unpaired) electrons. The Hall–Kier alpha value is -2.12. The summed E-state index contributed by atoms with van der Waals surface area (Å²) < 4.78 is 15.9. The normalized spacial score (nSPS) is 10.1. The van der Waals surface area contributed by atoms with Gasteiger partial charge in [-0.15, -0.1) is 11.3 Å². The lowest BCUT2D eigenvalue weighted by atomic mass is 10.2. The molecule has 22 heavy (non-hydrogen) atoms. The van der Waals surface area contributed by atoms with Gasteiger partial charge in [-0.3, -0.25) is 0 Å². The molecule has 0 saturated heterocycles. The van der Waals surface area contributed by atoms with Gasteiger partial charge < -0.3 is 25.3 Å². The van der Waals surface area contributed by atoms with E-state index in [2.05, 4.69) is 5.32 Å². The highest BCUT2D eigenvalue weighted by Crippen LogP contribution is 2.35. The minimum atomic E-state index is -0.615. The maximum atomic E-state index is 11.7. The van der Waals surface area contributed by atoms with Crippen LogP contribution in [-0.2, 0) is 6.54 Å². The number of nitrogens with two attached hydrogens (primary N) is 1. The SMILES string of the molecule is COc1ccc(CNC(=O)Oc2cc(Cl)sc2N)cc1OC. The summed E-state index contributed by atoms with van der Waals surface area (Å²) in [7, 11) is 3.11. The highest BCUT2D eigenvalue weighted by molar-refractivity contribution is 7.20. The molecule has 0 unspecified atom stereocenters. The molecule has 0 aliphatic rings. The van der Waals surface area contributed by atoms with Crippen molar-refractivity contribution in [2.45, 2.75) is 6.54 Å². The smallest absolute Gasteiger partial charge is 0.412 e. The van der Waals surface area contributed by atoms with E-state index >= 15 is 0 Å². The number of carbonyl (C=O) groups excluding carboxylic acids is 1. The Bertz CT molecular complexity index is 675. The van der Waals surface area contributed by atoms with Crippen molar-refractivity contribution in [2.75, 3.05) is 20.0 Å². The molecule has 0 aliphatic heterocycles. The molecule has 0 bridgehead atoms. The Kier molecular flexibility index (Phi) is 5.35. The highest BCUT2D eigenvalue weighted by atomic mass is 35.5. The molecule has 0 saturated carbocycles. The fourth-order valence-electron chi connectivity index (χ4n) is 1.74. The van der Waals surface area contributed by atoms with Gasteiger partial charge in [0.15, 0.2) is 17.2 Å². The number of nitrogens with one attached hydrogen (secondary N) is 1. The van der Waals surface area contributed by atoms with E-state index in [0.717, 1.165) is 16.9 Å². The molecule has 2 rings (SSSR count). The van der Waals surface area contributed by atoms with Crippen molar-refractivity contribution in [3.63, 3.8) is 0 Å². The molecular formula is C14H15ClN2O4S. The fourth-order valence-corrected chi connectivity index (χ4v) is 2.67. The van der Waals surface area contributed by atoms with Gasteiger partial charge >= 0.3 is 6.09 Å². The first-order valence-electron chi connectivity index (χ1n) is 6.25. The maximum absolute atomic E-state index is 11.7. The Morgan fingerprint density at radius 1 is 1.23 bits per heavy atom. The van der Waals surface area contributed by atoms with Gasteiger partial charge in [-0.2, -0.15) is 0 Å². The minimum absolute atomic E-state index is 0.250. The predicted molar refractivity (Wildman–Crippen MR) is 86.2 cm³/mol. The molecule has 1 aromatic carbocycles. The molecule has 0 spiro atoms. The molecule has 0 fully saturated rings. The third-order valence-electron chi connectivity index (χ3n) is 2.78. The van der Waals surface area contributed by atoms with Gasteiger partial charge in [0.2, 0.25) is 0 Å². The van der Waals surface area contributed by atoms with Crippen LogP contribution in [0, 0.1) is 0 Å². The van der Waals surface area contributed by atoms with Gasteiger partial charge in [-0.25, -0.2) is 4.79 Å². The van der Waals surface area contributed by atoms with Gasteiger partial charge in [0.1, 0.15) is 5.00 Å². The van der Waals surface area contributed by atoms with Gasteiger partial charge in [0.25, 0.3) is 0 Å². The van der Waals surface area contributed by atoms with Crippen LogP contribution in [0.15, 0.2) is 24.3 Å². The lowest BCUT2D eigenvalue weighted by molar-refractivity contribution is 0.200. The van der Waals surface area contributed by atoms with Crippen molar-refractivity contribution in [1.29, 1.82) is 0 Å². The first kappa shape index (κ1) is 16.3. The molecule has 1 heterocycles. The van der Waals surface area contributed by atoms with Crippen LogP contribution in [0.25, 0.3) is 0 Å². The van der Waals surface area contributed by atoms with Crippen molar-refractivity contribution in [3.05, 3.63) is 34.2 Å².